The summed E-state index contributed by atoms with van der Waals surface area (Å²) < 4.78 is 0. The van der Waals surface area contributed by atoms with Gasteiger partial charge in [-0.1, -0.05) is 13.5 Å². The van der Waals surface area contributed by atoms with Crippen molar-refractivity contribution in [2.24, 2.45) is 0 Å². The quantitative estimate of drug-likeness (QED) is 0.318. The summed E-state index contributed by atoms with van der Waals surface area (Å²) >= 11 is 0. The van der Waals surface area contributed by atoms with Gasteiger partial charge in [0, 0.05) is 6.42 Å². The fourth-order valence-electron chi connectivity index (χ4n) is 0.361. The van der Waals surface area contributed by atoms with Gasteiger partial charge in [0.25, 0.3) is 0 Å². The van der Waals surface area contributed by atoms with Crippen molar-refractivity contribution < 1.29 is 61.0 Å². The maximum Gasteiger partial charge on any atom is 1.00 e. The van der Waals surface area contributed by atoms with Gasteiger partial charge in [-0.2, -0.15) is 0 Å². The van der Waals surface area contributed by atoms with Crippen molar-refractivity contribution in [1.82, 2.24) is 4.81 Å². The third-order valence-electron chi connectivity index (χ3n) is 0.858. The molecule has 0 atom stereocenters. The molecular formula is C5H7BKNO2. The molecule has 2 radical (unpaired) electrons. The van der Waals surface area contributed by atoms with E-state index in [1.165, 1.54) is 6.29 Å². The van der Waals surface area contributed by atoms with Crippen molar-refractivity contribution in [2.75, 3.05) is 6.54 Å². The molecule has 10 heavy (non-hydrogen) atoms. The Balaban J connectivity index is 0. The monoisotopic (exact) mass is 163 g/mol. The predicted octanol–water partition coefficient (Wildman–Crippen LogP) is -3.58. The predicted molar refractivity (Wildman–Crippen MR) is 33.5 cm³/mol. The summed E-state index contributed by atoms with van der Waals surface area (Å²) in [6.45, 7) is 1.53. The molecule has 0 N–H and O–H groups in total. The van der Waals surface area contributed by atoms with Crippen LogP contribution in [-0.4, -0.2) is 31.5 Å². The first-order valence-electron chi connectivity index (χ1n) is 2.62. The Morgan fingerprint density at radius 2 is 2.20 bits per heavy atom. The Kier molecular flexibility index (Phi) is 10.7. The van der Waals surface area contributed by atoms with E-state index in [0.717, 1.165) is 4.81 Å². The fraction of sp³-hybridized carbons (Fsp3) is 0.600. The summed E-state index contributed by atoms with van der Waals surface area (Å²) in [5.74, 6) is -0.252. The smallest absolute Gasteiger partial charge is 0.540 e. The van der Waals surface area contributed by atoms with Gasteiger partial charge < -0.3 is 9.61 Å². The molecule has 5 heteroatoms. The van der Waals surface area contributed by atoms with Crippen LogP contribution < -0.4 is 51.4 Å². The van der Waals surface area contributed by atoms with Crippen LogP contribution in [-0.2, 0) is 9.59 Å². The zero-order valence-corrected chi connectivity index (χ0v) is 9.38. The summed E-state index contributed by atoms with van der Waals surface area (Å²) in [7, 11) is 5.06. The van der Waals surface area contributed by atoms with Gasteiger partial charge in [0.1, 0.15) is 0 Å². The number of nitrogens with zero attached hydrogens (tertiary/aromatic N) is 1. The average molecular weight is 163 g/mol. The summed E-state index contributed by atoms with van der Waals surface area (Å²) in [5.41, 5.74) is 0. The molecule has 0 aromatic rings. The van der Waals surface area contributed by atoms with E-state index < -0.39 is 0 Å². The van der Waals surface area contributed by atoms with Crippen LogP contribution in [0.2, 0.25) is 0 Å². The van der Waals surface area contributed by atoms with E-state index in [0.29, 0.717) is 6.42 Å². The van der Waals surface area contributed by atoms with Crippen LogP contribution in [0.4, 0.5) is 0 Å². The molecule has 0 aliphatic carbocycles. The molecule has 0 fully saturated rings. The van der Waals surface area contributed by atoms with E-state index in [9.17, 15) is 9.59 Å². The van der Waals surface area contributed by atoms with Crippen LogP contribution in [0, 0.1) is 0 Å². The van der Waals surface area contributed by atoms with Crippen LogP contribution >= 0.6 is 0 Å². The summed E-state index contributed by atoms with van der Waals surface area (Å²) in [5, 5.41) is 0. The molecule has 0 unspecified atom stereocenters. The number of hydrogen-bond acceptors (Lipinski definition) is 2. The van der Waals surface area contributed by atoms with Crippen molar-refractivity contribution in [3.05, 3.63) is 0 Å². The van der Waals surface area contributed by atoms with Crippen molar-refractivity contribution in [1.29, 1.82) is 0 Å². The molecule has 0 aromatic heterocycles. The Hall–Kier alpha value is 0.841. The molecule has 0 spiro atoms. The molecule has 48 valence electrons. The normalized spacial score (nSPS) is 7.70. The van der Waals surface area contributed by atoms with Gasteiger partial charge in [0.15, 0.2) is 0 Å². The second-order valence-corrected chi connectivity index (χ2v) is 1.52. The van der Waals surface area contributed by atoms with Crippen molar-refractivity contribution >= 4 is 20.2 Å². The third-order valence-corrected chi connectivity index (χ3v) is 0.858. The van der Waals surface area contributed by atoms with Crippen molar-refractivity contribution in [3.8, 4) is 0 Å². The van der Waals surface area contributed by atoms with Gasteiger partial charge in [-0.05, 0) is 0 Å². The number of amides is 1. The minimum absolute atomic E-state index is 0. The fourth-order valence-corrected chi connectivity index (χ4v) is 0.361. The molecule has 3 nitrogen and oxygen atoms in total. The summed E-state index contributed by atoms with van der Waals surface area (Å²) in [6.07, 6.45) is 1.83. The number of carbonyl (C=O) groups excluding carboxylic acids is 2. The molecule has 0 aromatic carbocycles. The zero-order chi connectivity index (χ0) is 7.28. The van der Waals surface area contributed by atoms with E-state index in [1.807, 2.05) is 0 Å². The van der Waals surface area contributed by atoms with Crippen LogP contribution in [0.1, 0.15) is 13.3 Å². The van der Waals surface area contributed by atoms with E-state index in [4.69, 9.17) is 7.98 Å². The summed E-state index contributed by atoms with van der Waals surface area (Å²) in [6, 6.07) is 0. The first-order valence-corrected chi connectivity index (χ1v) is 2.62. The first kappa shape index (κ1) is 13.4. The average Bonchev–Trinajstić information content (AvgIpc) is 1.87. The Labute approximate surface area is 104 Å². The standard InChI is InChI=1S/C5H7BNO2.K/c1-2-5(9)7(6)3-4-8;/h2-3H2,1H3;/q-1;+1. The van der Waals surface area contributed by atoms with Gasteiger partial charge >= 0.3 is 51.4 Å². The molecular weight excluding hydrogens is 156 g/mol. The molecule has 0 aliphatic rings. The molecule has 0 heterocycles. The van der Waals surface area contributed by atoms with E-state index in [1.54, 1.807) is 6.92 Å². The molecule has 0 saturated heterocycles. The molecule has 0 aliphatic heterocycles. The maximum atomic E-state index is 10.5. The largest absolute Gasteiger partial charge is 1.00 e. The number of carbonyl (C=O) groups is 1. The van der Waals surface area contributed by atoms with Crippen molar-refractivity contribution in [2.45, 2.75) is 13.3 Å². The Morgan fingerprint density at radius 1 is 1.70 bits per heavy atom. The van der Waals surface area contributed by atoms with Crippen LogP contribution in [0.15, 0.2) is 0 Å². The van der Waals surface area contributed by atoms with E-state index in [2.05, 4.69) is 0 Å². The Bertz CT molecular complexity index is 120. The second-order valence-electron chi connectivity index (χ2n) is 1.52. The SMILES string of the molecule is [B]N(C[C-]=O)C(=O)CC.[K+]. The minimum Gasteiger partial charge on any atom is -0.540 e. The van der Waals surface area contributed by atoms with Gasteiger partial charge in [-0.3, -0.25) is 4.79 Å². The molecule has 0 bridgehead atoms. The Morgan fingerprint density at radius 3 is 2.50 bits per heavy atom. The van der Waals surface area contributed by atoms with Crippen LogP contribution in [0.25, 0.3) is 0 Å². The molecule has 1 amide bonds. The topological polar surface area (TPSA) is 37.4 Å². The zero-order valence-electron chi connectivity index (χ0n) is 6.26. The number of rotatable bonds is 3. The van der Waals surface area contributed by atoms with Crippen LogP contribution in [0.5, 0.6) is 0 Å². The maximum absolute atomic E-state index is 10.5. The van der Waals surface area contributed by atoms with E-state index >= 15 is 0 Å². The first-order chi connectivity index (χ1) is 4.22. The van der Waals surface area contributed by atoms with Gasteiger partial charge in [0.05, 0.1) is 0 Å². The minimum atomic E-state index is -0.252. The van der Waals surface area contributed by atoms with Crippen molar-refractivity contribution in [3.63, 3.8) is 0 Å². The van der Waals surface area contributed by atoms with Gasteiger partial charge in [0.2, 0.25) is 13.9 Å². The van der Waals surface area contributed by atoms with E-state index in [-0.39, 0.29) is 63.8 Å². The van der Waals surface area contributed by atoms with Gasteiger partial charge in [-0.25, -0.2) is 6.29 Å². The molecule has 0 saturated carbocycles. The summed E-state index contributed by atoms with van der Waals surface area (Å²) in [4.78, 5) is 21.0. The van der Waals surface area contributed by atoms with Gasteiger partial charge in [-0.15, -0.1) is 0 Å². The second kappa shape index (κ2) is 7.94. The van der Waals surface area contributed by atoms with Crippen LogP contribution in [0.3, 0.4) is 0 Å². The number of hydrogen-bond donors (Lipinski definition) is 0. The molecule has 0 rings (SSSR count). The third kappa shape index (κ3) is 5.61.